The monoisotopic (exact) mass is 477 g/mol. The van der Waals surface area contributed by atoms with E-state index in [1.165, 1.54) is 23.9 Å². The van der Waals surface area contributed by atoms with E-state index >= 15 is 0 Å². The highest BCUT2D eigenvalue weighted by molar-refractivity contribution is 8.00. The fourth-order valence-electron chi connectivity index (χ4n) is 3.08. The highest BCUT2D eigenvalue weighted by atomic mass is 35.5. The van der Waals surface area contributed by atoms with Gasteiger partial charge in [-0.15, -0.1) is 0 Å². The third-order valence-electron chi connectivity index (χ3n) is 4.79. The summed E-state index contributed by atoms with van der Waals surface area (Å²) in [6.45, 7) is 5.52. The van der Waals surface area contributed by atoms with Gasteiger partial charge in [-0.3, -0.25) is 14.2 Å². The normalized spacial score (nSPS) is 12.1. The van der Waals surface area contributed by atoms with E-state index in [-0.39, 0.29) is 23.8 Å². The molecule has 1 N–H and O–H groups in total. The molecule has 0 aliphatic heterocycles. The molecule has 0 spiro atoms. The van der Waals surface area contributed by atoms with Gasteiger partial charge >= 0.3 is 0 Å². The van der Waals surface area contributed by atoms with Crippen molar-refractivity contribution >= 4 is 40.2 Å². The maximum Gasteiger partial charge on any atom is 0.262 e. The molecule has 2 aromatic carbocycles. The summed E-state index contributed by atoms with van der Waals surface area (Å²) >= 11 is 7.30. The second kappa shape index (κ2) is 11.4. The summed E-state index contributed by atoms with van der Waals surface area (Å²) in [6, 6.07) is 10.9. The zero-order valence-corrected chi connectivity index (χ0v) is 19.5. The van der Waals surface area contributed by atoms with Crippen LogP contribution in [0, 0.1) is 5.82 Å². The molecule has 0 aliphatic carbocycles. The number of rotatable bonds is 10. The average Bonchev–Trinajstić information content (AvgIpc) is 2.77. The molecule has 32 heavy (non-hydrogen) atoms. The third-order valence-corrected chi connectivity index (χ3v) is 6.11. The van der Waals surface area contributed by atoms with Crippen LogP contribution in [0.4, 0.5) is 4.39 Å². The summed E-state index contributed by atoms with van der Waals surface area (Å²) in [4.78, 5) is 30.4. The molecule has 9 heteroatoms. The van der Waals surface area contributed by atoms with Gasteiger partial charge in [-0.2, -0.15) is 0 Å². The lowest BCUT2D eigenvalue weighted by Crippen LogP contribution is -2.32. The maximum absolute atomic E-state index is 13.1. The van der Waals surface area contributed by atoms with Crippen molar-refractivity contribution in [2.24, 2.45) is 0 Å². The van der Waals surface area contributed by atoms with Crippen molar-refractivity contribution in [2.75, 3.05) is 13.2 Å². The molecule has 0 fully saturated rings. The Bertz CT molecular complexity index is 1140. The Morgan fingerprint density at radius 1 is 1.28 bits per heavy atom. The van der Waals surface area contributed by atoms with Gasteiger partial charge in [-0.05, 0) is 56.2 Å². The molecule has 1 amide bonds. The number of hydrogen-bond donors (Lipinski definition) is 1. The smallest absolute Gasteiger partial charge is 0.262 e. The van der Waals surface area contributed by atoms with Crippen LogP contribution in [-0.4, -0.2) is 33.9 Å². The van der Waals surface area contributed by atoms with Crippen molar-refractivity contribution in [1.29, 1.82) is 0 Å². The van der Waals surface area contributed by atoms with Crippen LogP contribution >= 0.6 is 23.4 Å². The predicted octanol–water partition coefficient (Wildman–Crippen LogP) is 4.41. The fourth-order valence-corrected chi connectivity index (χ4v) is 4.20. The first-order chi connectivity index (χ1) is 15.4. The van der Waals surface area contributed by atoms with E-state index in [2.05, 4.69) is 10.3 Å². The molecule has 0 radical (unpaired) electrons. The Morgan fingerprint density at radius 2 is 2.03 bits per heavy atom. The van der Waals surface area contributed by atoms with E-state index < -0.39 is 5.25 Å². The minimum Gasteiger partial charge on any atom is -0.382 e. The molecule has 6 nitrogen and oxygen atoms in total. The first kappa shape index (κ1) is 24.2. The van der Waals surface area contributed by atoms with Crippen LogP contribution in [-0.2, 0) is 22.6 Å². The number of nitrogens with zero attached hydrogens (tertiary/aromatic N) is 2. The minimum atomic E-state index is -0.503. The topological polar surface area (TPSA) is 73.2 Å². The molecule has 170 valence electrons. The van der Waals surface area contributed by atoms with Crippen molar-refractivity contribution < 1.29 is 13.9 Å². The summed E-state index contributed by atoms with van der Waals surface area (Å²) < 4.78 is 20.0. The number of amides is 1. The lowest BCUT2D eigenvalue weighted by atomic mass is 10.2. The molecule has 1 aromatic heterocycles. The fraction of sp³-hybridized carbons (Fsp3) is 0.348. The van der Waals surface area contributed by atoms with Gasteiger partial charge in [0, 0.05) is 31.3 Å². The largest absolute Gasteiger partial charge is 0.382 e. The van der Waals surface area contributed by atoms with E-state index in [1.807, 2.05) is 6.92 Å². The van der Waals surface area contributed by atoms with Crippen LogP contribution in [0.2, 0.25) is 5.02 Å². The van der Waals surface area contributed by atoms with Crippen LogP contribution in [0.3, 0.4) is 0 Å². The van der Waals surface area contributed by atoms with Gasteiger partial charge in [-0.25, -0.2) is 9.37 Å². The van der Waals surface area contributed by atoms with E-state index in [0.29, 0.717) is 47.3 Å². The number of halogens is 2. The zero-order valence-electron chi connectivity index (χ0n) is 17.9. The summed E-state index contributed by atoms with van der Waals surface area (Å²) in [6.07, 6.45) is 0.646. The van der Waals surface area contributed by atoms with E-state index in [4.69, 9.17) is 16.3 Å². The van der Waals surface area contributed by atoms with Crippen LogP contribution in [0.15, 0.2) is 52.4 Å². The van der Waals surface area contributed by atoms with Crippen molar-refractivity contribution in [2.45, 2.75) is 43.8 Å². The molecule has 1 unspecified atom stereocenters. The summed E-state index contributed by atoms with van der Waals surface area (Å²) in [5.41, 5.74) is 1.11. The predicted molar refractivity (Wildman–Crippen MR) is 126 cm³/mol. The van der Waals surface area contributed by atoms with Crippen molar-refractivity contribution in [3.63, 3.8) is 0 Å². The van der Waals surface area contributed by atoms with Gasteiger partial charge in [0.25, 0.3) is 5.56 Å². The Labute approximate surface area is 195 Å². The Morgan fingerprint density at radius 3 is 2.75 bits per heavy atom. The van der Waals surface area contributed by atoms with Crippen molar-refractivity contribution in [3.8, 4) is 0 Å². The molecular formula is C23H25ClFN3O3S. The van der Waals surface area contributed by atoms with Crippen LogP contribution in [0.25, 0.3) is 10.9 Å². The first-order valence-electron chi connectivity index (χ1n) is 10.4. The third kappa shape index (κ3) is 6.31. The van der Waals surface area contributed by atoms with Gasteiger partial charge in [0.1, 0.15) is 5.82 Å². The van der Waals surface area contributed by atoms with Crippen molar-refractivity contribution in [3.05, 3.63) is 69.2 Å². The average molecular weight is 478 g/mol. The number of carbonyl (C=O) groups is 1. The summed E-state index contributed by atoms with van der Waals surface area (Å²) in [5.74, 6) is -0.533. The number of benzene rings is 2. The highest BCUT2D eigenvalue weighted by Crippen LogP contribution is 2.24. The number of fused-ring (bicyclic) bond motifs is 1. The quantitative estimate of drug-likeness (QED) is 0.266. The molecule has 0 saturated heterocycles. The molecule has 0 saturated carbocycles. The van der Waals surface area contributed by atoms with Gasteiger partial charge in [0.15, 0.2) is 5.16 Å². The van der Waals surface area contributed by atoms with Gasteiger partial charge in [0.05, 0.1) is 16.2 Å². The Hall–Kier alpha value is -2.42. The number of thioether (sulfide) groups is 1. The van der Waals surface area contributed by atoms with Crippen molar-refractivity contribution in [1.82, 2.24) is 14.9 Å². The van der Waals surface area contributed by atoms with E-state index in [0.717, 1.165) is 5.56 Å². The number of aromatic nitrogens is 2. The maximum atomic E-state index is 13.1. The number of nitrogens with one attached hydrogen (secondary N) is 1. The molecule has 1 heterocycles. The highest BCUT2D eigenvalue weighted by Gasteiger charge is 2.19. The zero-order chi connectivity index (χ0) is 23.1. The van der Waals surface area contributed by atoms with E-state index in [9.17, 15) is 14.0 Å². The SMILES string of the molecule is CCOCCCn1c(SC(C)C(=O)NCc2ccc(F)cc2)nc2cc(Cl)ccc2c1=O. The first-order valence-corrected chi connectivity index (χ1v) is 11.6. The van der Waals surface area contributed by atoms with Gasteiger partial charge in [0.2, 0.25) is 5.91 Å². The second-order valence-electron chi connectivity index (χ2n) is 7.17. The molecule has 0 aliphatic rings. The summed E-state index contributed by atoms with van der Waals surface area (Å²) in [7, 11) is 0. The number of ether oxygens (including phenoxy) is 1. The van der Waals surface area contributed by atoms with Gasteiger partial charge in [-0.1, -0.05) is 35.5 Å². The van der Waals surface area contributed by atoms with E-state index in [1.54, 1.807) is 41.8 Å². The minimum absolute atomic E-state index is 0.176. The second-order valence-corrected chi connectivity index (χ2v) is 8.91. The lowest BCUT2D eigenvalue weighted by Gasteiger charge is -2.16. The van der Waals surface area contributed by atoms with Crippen LogP contribution < -0.4 is 10.9 Å². The molecule has 1 atom stereocenters. The standard InChI is InChI=1S/C23H25ClFN3O3S/c1-3-31-12-4-11-28-22(30)19-10-7-17(24)13-20(19)27-23(28)32-15(2)21(29)26-14-16-5-8-18(25)9-6-16/h5-10,13,15H,3-4,11-12,14H2,1-2H3,(H,26,29). The lowest BCUT2D eigenvalue weighted by molar-refractivity contribution is -0.120. The van der Waals surface area contributed by atoms with Crippen LogP contribution in [0.5, 0.6) is 0 Å². The number of hydrogen-bond acceptors (Lipinski definition) is 5. The van der Waals surface area contributed by atoms with Gasteiger partial charge < -0.3 is 10.1 Å². The Balaban J connectivity index is 1.78. The number of carbonyl (C=O) groups excluding carboxylic acids is 1. The molecule has 3 aromatic rings. The molecule has 3 rings (SSSR count). The molecular weight excluding hydrogens is 453 g/mol. The summed E-state index contributed by atoms with van der Waals surface area (Å²) in [5, 5.41) is 3.75. The Kier molecular flexibility index (Phi) is 8.67. The van der Waals surface area contributed by atoms with Crippen LogP contribution in [0.1, 0.15) is 25.8 Å². The molecule has 0 bridgehead atoms.